The van der Waals surface area contributed by atoms with Gasteiger partial charge in [0.1, 0.15) is 11.3 Å². The molecule has 5 nitrogen and oxygen atoms in total. The van der Waals surface area contributed by atoms with E-state index in [2.05, 4.69) is 5.16 Å². The van der Waals surface area contributed by atoms with Crippen LogP contribution in [0, 0.1) is 6.92 Å². The third kappa shape index (κ3) is 3.70. The molecule has 0 aliphatic rings. The van der Waals surface area contributed by atoms with Gasteiger partial charge in [-0.2, -0.15) is 0 Å². The predicted molar refractivity (Wildman–Crippen MR) is 103 cm³/mol. The van der Waals surface area contributed by atoms with Gasteiger partial charge < -0.3 is 9.25 Å². The minimum atomic E-state index is -0.566. The minimum Gasteiger partial charge on any atom is -0.422 e. The second-order valence-corrected chi connectivity index (χ2v) is 6.54. The van der Waals surface area contributed by atoms with Gasteiger partial charge in [0.2, 0.25) is 0 Å². The van der Waals surface area contributed by atoms with Crippen molar-refractivity contribution in [1.82, 2.24) is 0 Å². The van der Waals surface area contributed by atoms with Gasteiger partial charge in [0.05, 0.1) is 5.56 Å². The van der Waals surface area contributed by atoms with Crippen LogP contribution in [-0.2, 0) is 9.63 Å². The number of benzene rings is 2. The molecule has 0 atom stereocenters. The van der Waals surface area contributed by atoms with E-state index >= 15 is 0 Å². The number of fused-ring (bicyclic) bond motifs is 1. The maximum atomic E-state index is 12.6. The minimum absolute atomic E-state index is 0.237. The van der Waals surface area contributed by atoms with Crippen LogP contribution in [0.5, 0.6) is 0 Å². The van der Waals surface area contributed by atoms with Crippen molar-refractivity contribution in [2.45, 2.75) is 18.7 Å². The zero-order valence-corrected chi connectivity index (χ0v) is 15.4. The van der Waals surface area contributed by atoms with Crippen molar-refractivity contribution >= 4 is 34.4 Å². The van der Waals surface area contributed by atoms with Crippen LogP contribution >= 0.6 is 11.8 Å². The Labute approximate surface area is 154 Å². The highest BCUT2D eigenvalue weighted by Gasteiger charge is 2.16. The highest BCUT2D eigenvalue weighted by molar-refractivity contribution is 7.98. The van der Waals surface area contributed by atoms with E-state index < -0.39 is 11.6 Å². The Kier molecular flexibility index (Phi) is 5.23. The fourth-order valence-electron chi connectivity index (χ4n) is 2.60. The summed E-state index contributed by atoms with van der Waals surface area (Å²) < 4.78 is 5.50. The molecule has 1 heterocycles. The van der Waals surface area contributed by atoms with Crippen molar-refractivity contribution in [3.63, 3.8) is 0 Å². The van der Waals surface area contributed by atoms with Gasteiger partial charge in [0.15, 0.2) is 0 Å². The first-order valence-electron chi connectivity index (χ1n) is 7.93. The molecule has 0 aliphatic heterocycles. The van der Waals surface area contributed by atoms with Crippen molar-refractivity contribution in [3.8, 4) is 0 Å². The van der Waals surface area contributed by atoms with Crippen LogP contribution < -0.4 is 5.63 Å². The van der Waals surface area contributed by atoms with Crippen molar-refractivity contribution in [1.29, 1.82) is 0 Å². The van der Waals surface area contributed by atoms with Crippen molar-refractivity contribution in [2.24, 2.45) is 5.16 Å². The molecule has 0 saturated heterocycles. The lowest BCUT2D eigenvalue weighted by atomic mass is 10.0. The van der Waals surface area contributed by atoms with E-state index in [1.165, 1.54) is 6.92 Å². The zero-order valence-electron chi connectivity index (χ0n) is 14.6. The number of hydrogen-bond donors (Lipinski definition) is 0. The van der Waals surface area contributed by atoms with E-state index in [1.807, 2.05) is 43.5 Å². The average Bonchev–Trinajstić information content (AvgIpc) is 2.62. The first-order valence-corrected chi connectivity index (χ1v) is 9.16. The zero-order chi connectivity index (χ0) is 18.7. The lowest BCUT2D eigenvalue weighted by Crippen LogP contribution is -2.16. The van der Waals surface area contributed by atoms with E-state index in [4.69, 9.17) is 9.25 Å². The van der Waals surface area contributed by atoms with Gasteiger partial charge in [-0.1, -0.05) is 35.5 Å². The van der Waals surface area contributed by atoms with Crippen molar-refractivity contribution in [3.05, 3.63) is 75.6 Å². The lowest BCUT2D eigenvalue weighted by Gasteiger charge is -2.08. The van der Waals surface area contributed by atoms with E-state index in [-0.39, 0.29) is 11.3 Å². The molecule has 1 aromatic heterocycles. The van der Waals surface area contributed by atoms with Gasteiger partial charge in [-0.05, 0) is 36.9 Å². The van der Waals surface area contributed by atoms with Gasteiger partial charge in [0, 0.05) is 22.8 Å². The molecule has 6 heteroatoms. The summed E-state index contributed by atoms with van der Waals surface area (Å²) in [6.45, 7) is 3.22. The molecule has 2 aromatic carbocycles. The van der Waals surface area contributed by atoms with E-state index in [0.29, 0.717) is 11.1 Å². The molecule has 0 saturated carbocycles. The monoisotopic (exact) mass is 367 g/mol. The molecule has 0 radical (unpaired) electrons. The molecule has 0 unspecified atom stereocenters. The van der Waals surface area contributed by atoms with Crippen LogP contribution in [0.2, 0.25) is 0 Å². The van der Waals surface area contributed by atoms with Crippen molar-refractivity contribution in [2.75, 3.05) is 6.26 Å². The van der Waals surface area contributed by atoms with Crippen LogP contribution in [0.3, 0.4) is 0 Å². The Morgan fingerprint density at radius 1 is 1.15 bits per heavy atom. The summed E-state index contributed by atoms with van der Waals surface area (Å²) in [5.74, 6) is -0.566. The second kappa shape index (κ2) is 7.58. The summed E-state index contributed by atoms with van der Waals surface area (Å²) in [7, 11) is 0. The number of hydrogen-bond acceptors (Lipinski definition) is 6. The fourth-order valence-corrected chi connectivity index (χ4v) is 3.22. The highest BCUT2D eigenvalue weighted by Crippen LogP contribution is 2.26. The Morgan fingerprint density at radius 2 is 1.88 bits per heavy atom. The summed E-state index contributed by atoms with van der Waals surface area (Å²) in [5, 5.41) is 4.67. The van der Waals surface area contributed by atoms with Crippen LogP contribution in [0.1, 0.15) is 23.6 Å². The van der Waals surface area contributed by atoms with Crippen LogP contribution in [0.15, 0.2) is 67.8 Å². The number of aryl methyl sites for hydroxylation is 1. The third-order valence-electron chi connectivity index (χ3n) is 3.82. The molecule has 0 aliphatic carbocycles. The predicted octanol–water partition coefficient (Wildman–Crippen LogP) is 4.14. The summed E-state index contributed by atoms with van der Waals surface area (Å²) >= 11 is 1.62. The van der Waals surface area contributed by atoms with Crippen LogP contribution in [0.25, 0.3) is 11.0 Å². The third-order valence-corrected chi connectivity index (χ3v) is 4.70. The summed E-state index contributed by atoms with van der Waals surface area (Å²) in [5.41, 5.74) is 2.15. The van der Waals surface area contributed by atoms with Gasteiger partial charge in [-0.25, -0.2) is 9.59 Å². The van der Waals surface area contributed by atoms with Crippen molar-refractivity contribution < 1.29 is 14.0 Å². The summed E-state index contributed by atoms with van der Waals surface area (Å²) in [6.07, 6.45) is 1.99. The molecule has 0 fully saturated rings. The lowest BCUT2D eigenvalue weighted by molar-refractivity contribution is -0.140. The smallest absolute Gasteiger partial charge is 0.345 e. The summed E-state index contributed by atoms with van der Waals surface area (Å²) in [4.78, 5) is 29.7. The van der Waals surface area contributed by atoms with Gasteiger partial charge >= 0.3 is 11.6 Å². The molecule has 132 valence electrons. The number of carbonyl (C=O) groups is 1. The molecule has 26 heavy (non-hydrogen) atoms. The first kappa shape index (κ1) is 17.9. The highest BCUT2D eigenvalue weighted by atomic mass is 32.2. The molecular weight excluding hydrogens is 350 g/mol. The number of nitrogens with zero attached hydrogens (tertiary/aromatic N) is 1. The van der Waals surface area contributed by atoms with Gasteiger partial charge in [-0.3, -0.25) is 0 Å². The fraction of sp³-hybridized carbons (Fsp3) is 0.150. The molecule has 3 rings (SSSR count). The molecule has 0 bridgehead atoms. The Balaban J connectivity index is 2.23. The van der Waals surface area contributed by atoms with Crippen LogP contribution in [-0.4, -0.2) is 17.9 Å². The molecule has 0 spiro atoms. The second-order valence-electron chi connectivity index (χ2n) is 5.70. The standard InChI is InChI=1S/C20H17NO4S/c1-12-9-17-15(11-18(12)26-3)10-16(20(23)24-17)19(21-25-13(2)22)14-7-5-4-6-8-14/h4-11H,1-3H3. The Hall–Kier alpha value is -2.86. The van der Waals surface area contributed by atoms with Crippen LogP contribution in [0.4, 0.5) is 0 Å². The number of rotatable bonds is 4. The number of oxime groups is 1. The molecule has 0 amide bonds. The average molecular weight is 367 g/mol. The molecule has 0 N–H and O–H groups in total. The van der Waals surface area contributed by atoms with Gasteiger partial charge in [-0.15, -0.1) is 11.8 Å². The largest absolute Gasteiger partial charge is 0.422 e. The maximum absolute atomic E-state index is 12.6. The number of thioether (sulfide) groups is 1. The topological polar surface area (TPSA) is 68.9 Å². The van der Waals surface area contributed by atoms with E-state index in [0.717, 1.165) is 15.8 Å². The Morgan fingerprint density at radius 3 is 2.54 bits per heavy atom. The quantitative estimate of drug-likeness (QED) is 0.228. The number of carbonyl (C=O) groups excluding carboxylic acids is 1. The molecule has 3 aromatic rings. The first-order chi connectivity index (χ1) is 12.5. The Bertz CT molecular complexity index is 1050. The normalized spacial score (nSPS) is 11.6. The summed E-state index contributed by atoms with van der Waals surface area (Å²) in [6, 6.07) is 14.6. The SMILES string of the molecule is CSc1cc2cc(C(=NOC(C)=O)c3ccccc3)c(=O)oc2cc1C. The van der Waals surface area contributed by atoms with E-state index in [1.54, 1.807) is 30.0 Å². The van der Waals surface area contributed by atoms with E-state index in [9.17, 15) is 9.59 Å². The molecular formula is C20H17NO4S. The maximum Gasteiger partial charge on any atom is 0.345 e. The van der Waals surface area contributed by atoms with Gasteiger partial charge in [0.25, 0.3) is 0 Å².